The normalized spacial score (nSPS) is 13.2. The van der Waals surface area contributed by atoms with Gasteiger partial charge < -0.3 is 14.7 Å². The van der Waals surface area contributed by atoms with Gasteiger partial charge in [-0.2, -0.15) is 0 Å². The van der Waals surface area contributed by atoms with Crippen LogP contribution in [0.4, 0.5) is 5.82 Å². The van der Waals surface area contributed by atoms with Gasteiger partial charge in [-0.15, -0.1) is 10.2 Å². The van der Waals surface area contributed by atoms with Gasteiger partial charge in [0, 0.05) is 19.2 Å². The van der Waals surface area contributed by atoms with Gasteiger partial charge in [0.25, 0.3) is 0 Å². The lowest BCUT2D eigenvalue weighted by Gasteiger charge is -2.16. The molecule has 1 aliphatic heterocycles. The number of ether oxygens (including phenoxy) is 1. The molecule has 6 heteroatoms. The van der Waals surface area contributed by atoms with Crippen molar-refractivity contribution < 1.29 is 14.6 Å². The number of rotatable bonds is 3. The number of aromatic nitrogens is 2. The van der Waals surface area contributed by atoms with Crippen molar-refractivity contribution in [1.82, 2.24) is 10.2 Å². The number of carboxylic acids is 1. The summed E-state index contributed by atoms with van der Waals surface area (Å²) in [5, 5.41) is 17.0. The number of hydrogen-bond donors (Lipinski definition) is 1. The van der Waals surface area contributed by atoms with E-state index in [1.807, 2.05) is 17.0 Å². The molecule has 1 aromatic heterocycles. The van der Waals surface area contributed by atoms with Crippen LogP contribution >= 0.6 is 0 Å². The Labute approximate surface area is 115 Å². The third kappa shape index (κ3) is 2.05. The first-order chi connectivity index (χ1) is 9.69. The molecular weight excluding hydrogens is 258 g/mol. The van der Waals surface area contributed by atoms with Crippen molar-refractivity contribution in [3.8, 4) is 5.88 Å². The molecule has 1 aliphatic rings. The zero-order valence-electron chi connectivity index (χ0n) is 10.9. The van der Waals surface area contributed by atoms with Gasteiger partial charge in [0.1, 0.15) is 5.56 Å². The Hall–Kier alpha value is -2.63. The van der Waals surface area contributed by atoms with Crippen LogP contribution in [0.2, 0.25) is 0 Å². The maximum absolute atomic E-state index is 11.2. The highest BCUT2D eigenvalue weighted by atomic mass is 16.5. The van der Waals surface area contributed by atoms with Gasteiger partial charge in [-0.1, -0.05) is 24.3 Å². The van der Waals surface area contributed by atoms with E-state index in [9.17, 15) is 9.90 Å². The molecule has 0 atom stereocenters. The largest absolute Gasteiger partial charge is 0.479 e. The standard InChI is InChI=1S/C14H13N3O3/c1-20-13-11(14(18)19)6-12(15-16-13)17-7-9-4-2-3-5-10(9)8-17/h2-6H,7-8H2,1H3,(H,18,19). The lowest BCUT2D eigenvalue weighted by molar-refractivity contribution is 0.0692. The molecule has 0 saturated heterocycles. The third-order valence-corrected chi connectivity index (χ3v) is 3.34. The van der Waals surface area contributed by atoms with Crippen molar-refractivity contribution in [2.24, 2.45) is 0 Å². The zero-order valence-corrected chi connectivity index (χ0v) is 10.9. The number of hydrogen-bond acceptors (Lipinski definition) is 5. The first kappa shape index (κ1) is 12.4. The van der Waals surface area contributed by atoms with Crippen LogP contribution in [-0.4, -0.2) is 28.4 Å². The molecule has 102 valence electrons. The molecule has 0 bridgehead atoms. The summed E-state index contributed by atoms with van der Waals surface area (Å²) in [6.07, 6.45) is 0. The van der Waals surface area contributed by atoms with Gasteiger partial charge in [-0.3, -0.25) is 0 Å². The molecule has 0 radical (unpaired) electrons. The van der Waals surface area contributed by atoms with Crippen LogP contribution in [0.3, 0.4) is 0 Å². The van der Waals surface area contributed by atoms with Gasteiger partial charge in [0.2, 0.25) is 5.88 Å². The average molecular weight is 271 g/mol. The van der Waals surface area contributed by atoms with E-state index in [4.69, 9.17) is 4.74 Å². The van der Waals surface area contributed by atoms with Crippen LogP contribution in [0.25, 0.3) is 0 Å². The lowest BCUT2D eigenvalue weighted by atomic mass is 10.1. The summed E-state index contributed by atoms with van der Waals surface area (Å²) in [6, 6.07) is 9.60. The van der Waals surface area contributed by atoms with E-state index in [1.165, 1.54) is 24.3 Å². The van der Waals surface area contributed by atoms with Crippen LogP contribution in [0.5, 0.6) is 5.88 Å². The summed E-state index contributed by atoms with van der Waals surface area (Å²) in [5.74, 6) is -0.507. The van der Waals surface area contributed by atoms with E-state index >= 15 is 0 Å². The van der Waals surface area contributed by atoms with Crippen LogP contribution in [0.15, 0.2) is 30.3 Å². The van der Waals surface area contributed by atoms with Gasteiger partial charge in [-0.05, 0) is 11.1 Å². The fourth-order valence-corrected chi connectivity index (χ4v) is 2.32. The van der Waals surface area contributed by atoms with E-state index in [0.29, 0.717) is 18.9 Å². The summed E-state index contributed by atoms with van der Waals surface area (Å²) in [6.45, 7) is 1.41. The number of carboxylic acid groups (broad SMARTS) is 1. The first-order valence-corrected chi connectivity index (χ1v) is 6.16. The van der Waals surface area contributed by atoms with Crippen molar-refractivity contribution in [2.45, 2.75) is 13.1 Å². The molecule has 20 heavy (non-hydrogen) atoms. The fourth-order valence-electron chi connectivity index (χ4n) is 2.32. The quantitative estimate of drug-likeness (QED) is 0.915. The van der Waals surface area contributed by atoms with Crippen LogP contribution in [0, 0.1) is 0 Å². The Morgan fingerprint density at radius 3 is 2.45 bits per heavy atom. The molecule has 0 fully saturated rings. The molecule has 0 spiro atoms. The summed E-state index contributed by atoms with van der Waals surface area (Å²) >= 11 is 0. The Kier molecular flexibility index (Phi) is 2.98. The predicted octanol–water partition coefficient (Wildman–Crippen LogP) is 1.70. The Morgan fingerprint density at radius 1 is 1.25 bits per heavy atom. The highest BCUT2D eigenvalue weighted by Crippen LogP contribution is 2.28. The summed E-state index contributed by atoms with van der Waals surface area (Å²) < 4.78 is 4.91. The molecule has 1 N–H and O–H groups in total. The van der Waals surface area contributed by atoms with Crippen LogP contribution in [0.1, 0.15) is 21.5 Å². The first-order valence-electron chi connectivity index (χ1n) is 6.16. The molecule has 0 unspecified atom stereocenters. The minimum atomic E-state index is -1.07. The maximum Gasteiger partial charge on any atom is 0.341 e. The second-order valence-corrected chi connectivity index (χ2v) is 4.56. The maximum atomic E-state index is 11.2. The van der Waals surface area contributed by atoms with E-state index in [1.54, 1.807) is 0 Å². The zero-order chi connectivity index (χ0) is 14.1. The molecule has 2 heterocycles. The Bertz CT molecular complexity index is 647. The summed E-state index contributed by atoms with van der Waals surface area (Å²) in [5.41, 5.74) is 2.47. The molecule has 0 saturated carbocycles. The smallest absolute Gasteiger partial charge is 0.341 e. The second-order valence-electron chi connectivity index (χ2n) is 4.56. The number of anilines is 1. The van der Waals surface area contributed by atoms with Gasteiger partial charge in [-0.25, -0.2) is 4.79 Å². The molecule has 0 amide bonds. The second kappa shape index (κ2) is 4.80. The number of nitrogens with zero attached hydrogens (tertiary/aromatic N) is 3. The van der Waals surface area contributed by atoms with Crippen LogP contribution in [-0.2, 0) is 13.1 Å². The predicted molar refractivity (Wildman–Crippen MR) is 71.9 cm³/mol. The van der Waals surface area contributed by atoms with Crippen molar-refractivity contribution in [1.29, 1.82) is 0 Å². The van der Waals surface area contributed by atoms with Gasteiger partial charge >= 0.3 is 5.97 Å². The van der Waals surface area contributed by atoms with E-state index in [2.05, 4.69) is 22.3 Å². The molecule has 2 aromatic rings. The minimum absolute atomic E-state index is 0.0217. The van der Waals surface area contributed by atoms with Crippen molar-refractivity contribution in [3.05, 3.63) is 47.0 Å². The summed E-state index contributed by atoms with van der Waals surface area (Å²) in [4.78, 5) is 13.2. The number of carbonyl (C=O) groups is 1. The van der Waals surface area contributed by atoms with Gasteiger partial charge in [0.15, 0.2) is 5.82 Å². The Balaban J connectivity index is 1.93. The van der Waals surface area contributed by atoms with Crippen molar-refractivity contribution >= 4 is 11.8 Å². The van der Waals surface area contributed by atoms with Crippen molar-refractivity contribution in [3.63, 3.8) is 0 Å². The lowest BCUT2D eigenvalue weighted by Crippen LogP contribution is -2.18. The molecule has 6 nitrogen and oxygen atoms in total. The topological polar surface area (TPSA) is 75.6 Å². The number of aromatic carboxylic acids is 1. The molecule has 1 aromatic carbocycles. The van der Waals surface area contributed by atoms with Crippen molar-refractivity contribution in [2.75, 3.05) is 12.0 Å². The number of benzene rings is 1. The van der Waals surface area contributed by atoms with Crippen LogP contribution < -0.4 is 9.64 Å². The number of fused-ring (bicyclic) bond motifs is 1. The molecule has 3 rings (SSSR count). The highest BCUT2D eigenvalue weighted by molar-refractivity contribution is 5.91. The third-order valence-electron chi connectivity index (χ3n) is 3.34. The van der Waals surface area contributed by atoms with E-state index in [0.717, 1.165) is 0 Å². The Morgan fingerprint density at radius 2 is 1.90 bits per heavy atom. The number of methoxy groups -OCH3 is 1. The molecule has 0 aliphatic carbocycles. The highest BCUT2D eigenvalue weighted by Gasteiger charge is 2.22. The van der Waals surface area contributed by atoms with E-state index in [-0.39, 0.29) is 11.4 Å². The SMILES string of the molecule is COc1nnc(N2Cc3ccccc3C2)cc1C(=O)O. The minimum Gasteiger partial charge on any atom is -0.479 e. The van der Waals surface area contributed by atoms with Gasteiger partial charge in [0.05, 0.1) is 7.11 Å². The molecular formula is C14H13N3O3. The monoisotopic (exact) mass is 271 g/mol. The van der Waals surface area contributed by atoms with E-state index < -0.39 is 5.97 Å². The summed E-state index contributed by atoms with van der Waals surface area (Å²) in [7, 11) is 1.38. The fraction of sp³-hybridized carbons (Fsp3) is 0.214. The average Bonchev–Trinajstić information content (AvgIpc) is 2.90.